The van der Waals surface area contributed by atoms with Crippen molar-refractivity contribution in [2.45, 2.75) is 19.4 Å². The molecular weight excluding hydrogens is 282 g/mol. The fourth-order valence-electron chi connectivity index (χ4n) is 3.00. The van der Waals surface area contributed by atoms with Gasteiger partial charge in [0.25, 0.3) is 5.91 Å². The van der Waals surface area contributed by atoms with Gasteiger partial charge in [0.15, 0.2) is 0 Å². The Morgan fingerprint density at radius 1 is 1.45 bits per heavy atom. The van der Waals surface area contributed by atoms with Gasteiger partial charge in [-0.1, -0.05) is 13.0 Å². The first-order chi connectivity index (χ1) is 10.4. The van der Waals surface area contributed by atoms with Crippen molar-refractivity contribution in [1.29, 1.82) is 0 Å². The highest BCUT2D eigenvalue weighted by atomic mass is 16.3. The maximum Gasteiger partial charge on any atom is 0.321 e. The first-order valence-electron chi connectivity index (χ1n) is 7.55. The highest BCUT2D eigenvalue weighted by Gasteiger charge is 2.40. The van der Waals surface area contributed by atoms with E-state index in [9.17, 15) is 14.7 Å². The third-order valence-corrected chi connectivity index (χ3v) is 4.62. The summed E-state index contributed by atoms with van der Waals surface area (Å²) in [5.41, 5.74) is 0.421. The number of anilines is 1. The zero-order valence-corrected chi connectivity index (χ0v) is 12.9. The highest BCUT2D eigenvalue weighted by molar-refractivity contribution is 5.98. The number of carbonyl (C=O) groups excluding carboxylic acids is 2. The molecular formula is C16H21N3O3. The van der Waals surface area contributed by atoms with Gasteiger partial charge >= 0.3 is 6.03 Å². The smallest absolute Gasteiger partial charge is 0.321 e. The van der Waals surface area contributed by atoms with Crippen molar-refractivity contribution in [1.82, 2.24) is 10.2 Å². The molecule has 0 bridgehead atoms. The molecule has 2 aliphatic rings. The van der Waals surface area contributed by atoms with Gasteiger partial charge in [0, 0.05) is 43.3 Å². The number of carbonyl (C=O) groups is 2. The summed E-state index contributed by atoms with van der Waals surface area (Å²) in [6, 6.07) is 6.96. The first-order valence-corrected chi connectivity index (χ1v) is 7.55. The van der Waals surface area contributed by atoms with E-state index in [0.29, 0.717) is 31.7 Å². The van der Waals surface area contributed by atoms with Crippen LogP contribution in [-0.2, 0) is 0 Å². The van der Waals surface area contributed by atoms with E-state index in [-0.39, 0.29) is 17.9 Å². The molecule has 0 aliphatic carbocycles. The van der Waals surface area contributed by atoms with Crippen LogP contribution < -0.4 is 10.2 Å². The van der Waals surface area contributed by atoms with Crippen LogP contribution in [0.4, 0.5) is 10.5 Å². The molecule has 0 saturated carbocycles. The number of nitrogens with one attached hydrogen (secondary N) is 1. The lowest BCUT2D eigenvalue weighted by molar-refractivity contribution is 0.0351. The summed E-state index contributed by atoms with van der Waals surface area (Å²) < 4.78 is 0. The van der Waals surface area contributed by atoms with Gasteiger partial charge in [0.1, 0.15) is 0 Å². The lowest BCUT2D eigenvalue weighted by Crippen LogP contribution is -2.35. The molecule has 6 nitrogen and oxygen atoms in total. The minimum absolute atomic E-state index is 0.0454. The Bertz CT molecular complexity index is 614. The molecule has 2 atom stereocenters. The molecule has 0 spiro atoms. The summed E-state index contributed by atoms with van der Waals surface area (Å²) in [5.74, 6) is -0.0601. The largest absolute Gasteiger partial charge is 0.388 e. The van der Waals surface area contributed by atoms with E-state index in [1.54, 1.807) is 34.9 Å². The third kappa shape index (κ3) is 2.54. The minimum Gasteiger partial charge on any atom is -0.388 e. The van der Waals surface area contributed by atoms with Crippen LogP contribution in [0, 0.1) is 5.92 Å². The van der Waals surface area contributed by atoms with Crippen LogP contribution in [0.5, 0.6) is 0 Å². The van der Waals surface area contributed by atoms with Gasteiger partial charge in [-0.25, -0.2) is 4.79 Å². The number of hydrogen-bond acceptors (Lipinski definition) is 3. The van der Waals surface area contributed by atoms with E-state index >= 15 is 0 Å². The van der Waals surface area contributed by atoms with Gasteiger partial charge in [-0.15, -0.1) is 0 Å². The molecule has 1 aromatic carbocycles. The van der Waals surface area contributed by atoms with Crippen molar-refractivity contribution >= 4 is 17.6 Å². The fraction of sp³-hybridized carbons (Fsp3) is 0.500. The average Bonchev–Trinajstić information content (AvgIpc) is 3.02. The SMILES string of the molecule is C[C@@H]1CN(C(=O)c2cccc(N3CCNC3=O)c2)C[C@]1(C)O. The Kier molecular flexibility index (Phi) is 3.56. The fourth-order valence-corrected chi connectivity index (χ4v) is 3.00. The van der Waals surface area contributed by atoms with E-state index in [1.807, 2.05) is 13.0 Å². The molecule has 6 heteroatoms. The van der Waals surface area contributed by atoms with Crippen LogP contribution in [0.2, 0.25) is 0 Å². The van der Waals surface area contributed by atoms with Crippen molar-refractivity contribution < 1.29 is 14.7 Å². The molecule has 3 rings (SSSR count). The molecule has 2 saturated heterocycles. The van der Waals surface area contributed by atoms with Crippen LogP contribution >= 0.6 is 0 Å². The Labute approximate surface area is 129 Å². The lowest BCUT2D eigenvalue weighted by atomic mass is 9.95. The monoisotopic (exact) mass is 303 g/mol. The van der Waals surface area contributed by atoms with Crippen molar-refractivity contribution in [2.24, 2.45) is 5.92 Å². The zero-order chi connectivity index (χ0) is 15.9. The standard InChI is InChI=1S/C16H21N3O3/c1-11-9-18(10-16(11,2)22)14(20)12-4-3-5-13(8-12)19-7-6-17-15(19)21/h3-5,8,11,22H,6-7,9-10H2,1-2H3,(H,17,21)/t11-,16+/m1/s1. The molecule has 118 valence electrons. The number of urea groups is 1. The predicted octanol–water partition coefficient (Wildman–Crippen LogP) is 1.06. The van der Waals surface area contributed by atoms with Crippen molar-refractivity contribution in [3.05, 3.63) is 29.8 Å². The summed E-state index contributed by atoms with van der Waals surface area (Å²) in [4.78, 5) is 27.7. The second-order valence-corrected chi connectivity index (χ2v) is 6.38. The number of likely N-dealkylation sites (tertiary alicyclic amines) is 1. The van der Waals surface area contributed by atoms with Gasteiger partial charge in [-0.05, 0) is 25.1 Å². The van der Waals surface area contributed by atoms with Gasteiger partial charge in [0.05, 0.1) is 5.60 Å². The molecule has 2 N–H and O–H groups in total. The Balaban J connectivity index is 1.81. The minimum atomic E-state index is -0.845. The number of β-amino-alcohol motifs (C(OH)–C–C–N with tert-alkyl or cyclic N) is 1. The third-order valence-electron chi connectivity index (χ3n) is 4.62. The highest BCUT2D eigenvalue weighted by Crippen LogP contribution is 2.28. The van der Waals surface area contributed by atoms with Crippen LogP contribution in [0.25, 0.3) is 0 Å². The van der Waals surface area contributed by atoms with Gasteiger partial charge < -0.3 is 15.3 Å². The molecule has 2 heterocycles. The first kappa shape index (κ1) is 14.8. The Hall–Kier alpha value is -2.08. The maximum absolute atomic E-state index is 12.6. The summed E-state index contributed by atoms with van der Waals surface area (Å²) >= 11 is 0. The number of nitrogens with zero attached hydrogens (tertiary/aromatic N) is 2. The number of aliphatic hydroxyl groups is 1. The molecule has 0 unspecified atom stereocenters. The Morgan fingerprint density at radius 3 is 2.82 bits per heavy atom. The normalized spacial score (nSPS) is 28.1. The van der Waals surface area contributed by atoms with Gasteiger partial charge in [0.2, 0.25) is 0 Å². The second kappa shape index (κ2) is 5.28. The molecule has 0 radical (unpaired) electrons. The summed E-state index contributed by atoms with van der Waals surface area (Å²) in [6.45, 7) is 5.80. The number of rotatable bonds is 2. The molecule has 1 aromatic rings. The lowest BCUT2D eigenvalue weighted by Gasteiger charge is -2.21. The van der Waals surface area contributed by atoms with Gasteiger partial charge in [-0.2, -0.15) is 0 Å². The molecule has 2 fully saturated rings. The topological polar surface area (TPSA) is 72.9 Å². The quantitative estimate of drug-likeness (QED) is 0.858. The Morgan fingerprint density at radius 2 is 2.23 bits per heavy atom. The molecule has 3 amide bonds. The molecule has 2 aliphatic heterocycles. The summed E-state index contributed by atoms with van der Waals surface area (Å²) in [7, 11) is 0. The van der Waals surface area contributed by atoms with Crippen molar-refractivity contribution in [3.8, 4) is 0 Å². The van der Waals surface area contributed by atoms with E-state index in [1.165, 1.54) is 0 Å². The molecule has 22 heavy (non-hydrogen) atoms. The van der Waals surface area contributed by atoms with Crippen LogP contribution in [0.15, 0.2) is 24.3 Å². The van der Waals surface area contributed by atoms with E-state index in [0.717, 1.165) is 5.69 Å². The van der Waals surface area contributed by atoms with Crippen LogP contribution in [0.3, 0.4) is 0 Å². The van der Waals surface area contributed by atoms with Crippen molar-refractivity contribution in [2.75, 3.05) is 31.1 Å². The second-order valence-electron chi connectivity index (χ2n) is 6.38. The van der Waals surface area contributed by atoms with Crippen LogP contribution in [0.1, 0.15) is 24.2 Å². The zero-order valence-electron chi connectivity index (χ0n) is 12.9. The van der Waals surface area contributed by atoms with E-state index in [2.05, 4.69) is 5.32 Å². The summed E-state index contributed by atoms with van der Waals surface area (Å²) in [6.07, 6.45) is 0. The van der Waals surface area contributed by atoms with Crippen LogP contribution in [-0.4, -0.2) is 53.7 Å². The van der Waals surface area contributed by atoms with Crippen molar-refractivity contribution in [3.63, 3.8) is 0 Å². The summed E-state index contributed by atoms with van der Waals surface area (Å²) in [5, 5.41) is 13.0. The number of amides is 3. The predicted molar refractivity (Wildman–Crippen MR) is 82.9 cm³/mol. The van der Waals surface area contributed by atoms with E-state index < -0.39 is 5.60 Å². The van der Waals surface area contributed by atoms with Gasteiger partial charge in [-0.3, -0.25) is 9.69 Å². The molecule has 0 aromatic heterocycles. The number of benzene rings is 1. The average molecular weight is 303 g/mol. The van der Waals surface area contributed by atoms with E-state index in [4.69, 9.17) is 0 Å². The number of hydrogen-bond donors (Lipinski definition) is 2. The maximum atomic E-state index is 12.6.